The van der Waals surface area contributed by atoms with Crippen molar-refractivity contribution in [2.75, 3.05) is 6.26 Å². The fraction of sp³-hybridized carbons (Fsp3) is 0.467. The maximum atomic E-state index is 11.8. The lowest BCUT2D eigenvalue weighted by Crippen LogP contribution is -2.44. The molecule has 8 heteroatoms. The predicted octanol–water partition coefficient (Wildman–Crippen LogP) is 1.61. The van der Waals surface area contributed by atoms with Crippen LogP contribution in [0, 0.1) is 0 Å². The van der Waals surface area contributed by atoms with Gasteiger partial charge in [0.1, 0.15) is 11.6 Å². The molecule has 0 unspecified atom stereocenters. The van der Waals surface area contributed by atoms with E-state index < -0.39 is 33.5 Å². The van der Waals surface area contributed by atoms with E-state index in [-0.39, 0.29) is 11.3 Å². The molecule has 0 fully saturated rings. The molecule has 1 rings (SSSR count). The van der Waals surface area contributed by atoms with Crippen LogP contribution in [0.1, 0.15) is 26.3 Å². The standard InChI is InChI=1S/C15H21NO6S/c1-15(2,3)22-14(19)16-11(13(17)18)9-10-7-5-6-8-12(10)23(4,20)21/h5-8,11H,9H2,1-4H3,(H,16,19)(H,17,18)/t11-/m1/s1. The first-order chi connectivity index (χ1) is 10.4. The molecular weight excluding hydrogens is 322 g/mol. The van der Waals surface area contributed by atoms with Crippen molar-refractivity contribution >= 4 is 21.9 Å². The second-order valence-electron chi connectivity index (χ2n) is 6.12. The van der Waals surface area contributed by atoms with Gasteiger partial charge >= 0.3 is 12.1 Å². The third kappa shape index (κ3) is 6.27. The van der Waals surface area contributed by atoms with E-state index in [1.807, 2.05) is 0 Å². The lowest BCUT2D eigenvalue weighted by atomic mass is 10.1. The van der Waals surface area contributed by atoms with Gasteiger partial charge in [0.2, 0.25) is 0 Å². The van der Waals surface area contributed by atoms with Crippen LogP contribution in [0.25, 0.3) is 0 Å². The number of carboxylic acid groups (broad SMARTS) is 1. The summed E-state index contributed by atoms with van der Waals surface area (Å²) in [6.45, 7) is 4.96. The van der Waals surface area contributed by atoms with Crippen LogP contribution in [0.2, 0.25) is 0 Å². The Labute approximate surface area is 135 Å². The van der Waals surface area contributed by atoms with E-state index >= 15 is 0 Å². The van der Waals surface area contributed by atoms with Gasteiger partial charge in [-0.25, -0.2) is 18.0 Å². The Bertz CT molecular complexity index is 690. The highest BCUT2D eigenvalue weighted by Crippen LogP contribution is 2.17. The van der Waals surface area contributed by atoms with Crippen LogP contribution in [0.5, 0.6) is 0 Å². The Morgan fingerprint density at radius 3 is 2.30 bits per heavy atom. The van der Waals surface area contributed by atoms with Gasteiger partial charge in [-0.15, -0.1) is 0 Å². The van der Waals surface area contributed by atoms with Crippen LogP contribution in [0.15, 0.2) is 29.2 Å². The molecule has 0 aliphatic carbocycles. The number of nitrogens with one attached hydrogen (secondary N) is 1. The molecular formula is C15H21NO6S. The number of rotatable bonds is 5. The zero-order valence-electron chi connectivity index (χ0n) is 13.5. The summed E-state index contributed by atoms with van der Waals surface area (Å²) in [6.07, 6.45) is 0.00232. The Balaban J connectivity index is 2.99. The summed E-state index contributed by atoms with van der Waals surface area (Å²) in [7, 11) is -3.50. The fourth-order valence-electron chi connectivity index (χ4n) is 1.90. The lowest BCUT2D eigenvalue weighted by Gasteiger charge is -2.22. The molecule has 0 saturated carbocycles. The number of alkyl carbamates (subject to hydrolysis) is 1. The summed E-state index contributed by atoms with van der Waals surface area (Å²) in [4.78, 5) is 23.1. The summed E-state index contributed by atoms with van der Waals surface area (Å²) < 4.78 is 28.5. The largest absolute Gasteiger partial charge is 0.480 e. The molecule has 0 aromatic heterocycles. The summed E-state index contributed by atoms with van der Waals surface area (Å²) in [5.41, 5.74) is -0.448. The van der Waals surface area contributed by atoms with E-state index in [4.69, 9.17) is 4.74 Å². The van der Waals surface area contributed by atoms with Gasteiger partial charge < -0.3 is 15.2 Å². The first-order valence-electron chi connectivity index (χ1n) is 6.90. The highest BCUT2D eigenvalue weighted by Gasteiger charge is 2.26. The molecule has 1 amide bonds. The van der Waals surface area contributed by atoms with Gasteiger partial charge in [-0.05, 0) is 32.4 Å². The molecule has 23 heavy (non-hydrogen) atoms. The van der Waals surface area contributed by atoms with Gasteiger partial charge in [-0.2, -0.15) is 0 Å². The van der Waals surface area contributed by atoms with Gasteiger partial charge in [-0.1, -0.05) is 18.2 Å². The molecule has 0 radical (unpaired) electrons. The number of aliphatic carboxylic acids is 1. The highest BCUT2D eigenvalue weighted by atomic mass is 32.2. The van der Waals surface area contributed by atoms with E-state index in [1.165, 1.54) is 12.1 Å². The molecule has 7 nitrogen and oxygen atoms in total. The Kier molecular flexibility index (Phi) is 5.76. The number of ether oxygens (including phenoxy) is 1. The third-order valence-corrected chi connectivity index (χ3v) is 3.98. The highest BCUT2D eigenvalue weighted by molar-refractivity contribution is 7.90. The van der Waals surface area contributed by atoms with E-state index in [0.29, 0.717) is 5.56 Å². The number of sulfone groups is 1. The van der Waals surface area contributed by atoms with Crippen molar-refractivity contribution in [3.05, 3.63) is 29.8 Å². The molecule has 0 bridgehead atoms. The minimum absolute atomic E-state index is 0.0391. The zero-order chi connectivity index (χ0) is 17.8. The van der Waals surface area contributed by atoms with Gasteiger partial charge in [0.25, 0.3) is 0 Å². The monoisotopic (exact) mass is 343 g/mol. The average molecular weight is 343 g/mol. The summed E-state index contributed by atoms with van der Waals surface area (Å²) in [5, 5.41) is 11.5. The van der Waals surface area contributed by atoms with Crippen LogP contribution in [-0.2, 0) is 25.8 Å². The molecule has 2 N–H and O–H groups in total. The molecule has 0 saturated heterocycles. The van der Waals surface area contributed by atoms with Crippen LogP contribution in [0.3, 0.4) is 0 Å². The van der Waals surface area contributed by atoms with Crippen molar-refractivity contribution in [1.82, 2.24) is 5.32 Å². The Morgan fingerprint density at radius 1 is 1.26 bits per heavy atom. The molecule has 1 atom stereocenters. The normalized spacial score (nSPS) is 13.2. The van der Waals surface area contributed by atoms with Gasteiger partial charge in [0, 0.05) is 12.7 Å². The molecule has 0 spiro atoms. The van der Waals surface area contributed by atoms with E-state index in [0.717, 1.165) is 6.26 Å². The molecule has 128 valence electrons. The second kappa shape index (κ2) is 6.99. The summed E-state index contributed by atoms with van der Waals surface area (Å²) in [5.74, 6) is -1.28. The van der Waals surface area contributed by atoms with Gasteiger partial charge in [0.15, 0.2) is 9.84 Å². The van der Waals surface area contributed by atoms with Crippen LogP contribution < -0.4 is 5.32 Å². The zero-order valence-corrected chi connectivity index (χ0v) is 14.3. The first-order valence-corrected chi connectivity index (χ1v) is 8.79. The van der Waals surface area contributed by atoms with Crippen LogP contribution in [-0.4, -0.2) is 43.5 Å². The molecule has 0 aliphatic heterocycles. The number of carbonyl (C=O) groups excluding carboxylic acids is 1. The van der Waals surface area contributed by atoms with E-state index in [2.05, 4.69) is 5.32 Å². The van der Waals surface area contributed by atoms with E-state index in [9.17, 15) is 23.1 Å². The van der Waals surface area contributed by atoms with Gasteiger partial charge in [0.05, 0.1) is 4.90 Å². The predicted molar refractivity (Wildman–Crippen MR) is 84.0 cm³/mol. The van der Waals surface area contributed by atoms with Crippen molar-refractivity contribution in [3.8, 4) is 0 Å². The minimum atomic E-state index is -3.50. The van der Waals surface area contributed by atoms with E-state index in [1.54, 1.807) is 32.9 Å². The number of hydrogen-bond acceptors (Lipinski definition) is 5. The number of hydrogen-bond donors (Lipinski definition) is 2. The summed E-state index contributed by atoms with van der Waals surface area (Å²) in [6, 6.07) is 4.78. The number of benzene rings is 1. The topological polar surface area (TPSA) is 110 Å². The summed E-state index contributed by atoms with van der Waals surface area (Å²) >= 11 is 0. The second-order valence-corrected chi connectivity index (χ2v) is 8.11. The first kappa shape index (κ1) is 19.0. The number of carbonyl (C=O) groups is 2. The van der Waals surface area contributed by atoms with Crippen molar-refractivity contribution in [3.63, 3.8) is 0 Å². The van der Waals surface area contributed by atoms with Crippen molar-refractivity contribution < 1.29 is 27.9 Å². The van der Waals surface area contributed by atoms with Crippen LogP contribution >= 0.6 is 0 Å². The SMILES string of the molecule is CC(C)(C)OC(=O)N[C@H](Cc1ccccc1S(C)(=O)=O)C(=O)O. The third-order valence-electron chi connectivity index (χ3n) is 2.79. The smallest absolute Gasteiger partial charge is 0.408 e. The van der Waals surface area contributed by atoms with Crippen molar-refractivity contribution in [2.24, 2.45) is 0 Å². The maximum Gasteiger partial charge on any atom is 0.408 e. The minimum Gasteiger partial charge on any atom is -0.480 e. The number of carboxylic acids is 1. The maximum absolute atomic E-state index is 11.8. The lowest BCUT2D eigenvalue weighted by molar-refractivity contribution is -0.139. The molecule has 1 aromatic carbocycles. The molecule has 0 aliphatic rings. The molecule has 0 heterocycles. The Hall–Kier alpha value is -2.09. The quantitative estimate of drug-likeness (QED) is 0.840. The molecule has 1 aromatic rings. The van der Waals surface area contributed by atoms with Crippen molar-refractivity contribution in [2.45, 2.75) is 43.7 Å². The fourth-order valence-corrected chi connectivity index (χ4v) is 2.86. The van der Waals surface area contributed by atoms with Crippen LogP contribution in [0.4, 0.5) is 4.79 Å². The Morgan fingerprint density at radius 2 is 1.83 bits per heavy atom. The average Bonchev–Trinajstić information content (AvgIpc) is 2.34. The van der Waals surface area contributed by atoms with Crippen molar-refractivity contribution in [1.29, 1.82) is 0 Å². The van der Waals surface area contributed by atoms with Gasteiger partial charge in [-0.3, -0.25) is 0 Å². The number of amides is 1.